The van der Waals surface area contributed by atoms with Gasteiger partial charge in [0.25, 0.3) is 0 Å². The smallest absolute Gasteiger partial charge is 0.387 e. The molecule has 2 rings (SSSR count). The summed E-state index contributed by atoms with van der Waals surface area (Å²) in [6, 6.07) is 9.35. The molecule has 0 aromatic heterocycles. The van der Waals surface area contributed by atoms with Gasteiger partial charge in [0.2, 0.25) is 0 Å². The van der Waals surface area contributed by atoms with Crippen LogP contribution in [0.15, 0.2) is 48.6 Å². The molecule has 0 saturated carbocycles. The normalized spacial score (nSPS) is 25.7. The third kappa shape index (κ3) is 2.03. The summed E-state index contributed by atoms with van der Waals surface area (Å²) in [5, 5.41) is 20.3. The molecule has 1 aliphatic carbocycles. The molecule has 1 aromatic rings. The largest absolute Gasteiger partial charge is 0.476 e. The van der Waals surface area contributed by atoms with Crippen LogP contribution in [0.3, 0.4) is 0 Å². The lowest BCUT2D eigenvalue weighted by molar-refractivity contribution is -0.547. The predicted octanol–water partition coefficient (Wildman–Crippen LogP) is 2.38. The molecular weight excluding hydrogens is 246 g/mol. The van der Waals surface area contributed by atoms with Crippen LogP contribution in [0.25, 0.3) is 5.57 Å². The van der Waals surface area contributed by atoms with Gasteiger partial charge in [0.05, 0.1) is 5.92 Å². The Balaban J connectivity index is 2.42. The summed E-state index contributed by atoms with van der Waals surface area (Å²) in [7, 11) is 0. The molecule has 0 amide bonds. The van der Waals surface area contributed by atoms with Crippen LogP contribution in [0.4, 0.5) is 0 Å². The fourth-order valence-corrected chi connectivity index (χ4v) is 2.21. The van der Waals surface area contributed by atoms with Crippen molar-refractivity contribution in [3.05, 3.63) is 64.2 Å². The van der Waals surface area contributed by atoms with E-state index in [-0.39, 0.29) is 0 Å². The standard InChI is InChI=1S/C14H13NO4/c1-10-9-12(11-5-3-2-4-6-11)7-8-14(10,13(16)17)15(18)19/h2-10H,1H3,(H,16,17). The van der Waals surface area contributed by atoms with Gasteiger partial charge >= 0.3 is 11.5 Å². The quantitative estimate of drug-likeness (QED) is 0.667. The van der Waals surface area contributed by atoms with E-state index in [2.05, 4.69) is 0 Å². The first kappa shape index (κ1) is 13.0. The SMILES string of the molecule is CC1C=C(c2ccccc2)C=CC1(C(=O)O)[N+](=O)[O-]. The molecule has 0 spiro atoms. The highest BCUT2D eigenvalue weighted by molar-refractivity contribution is 5.85. The van der Waals surface area contributed by atoms with E-state index in [9.17, 15) is 14.9 Å². The fraction of sp³-hybridized carbons (Fsp3) is 0.214. The van der Waals surface area contributed by atoms with Crippen molar-refractivity contribution >= 4 is 11.5 Å². The van der Waals surface area contributed by atoms with Gasteiger partial charge in [-0.3, -0.25) is 10.1 Å². The summed E-state index contributed by atoms with van der Waals surface area (Å²) in [5.74, 6) is -2.16. The van der Waals surface area contributed by atoms with E-state index >= 15 is 0 Å². The molecule has 5 heteroatoms. The van der Waals surface area contributed by atoms with E-state index in [0.29, 0.717) is 0 Å². The van der Waals surface area contributed by atoms with E-state index in [4.69, 9.17) is 5.11 Å². The molecule has 0 bridgehead atoms. The molecule has 0 radical (unpaired) electrons. The maximum absolute atomic E-state index is 11.2. The first-order chi connectivity index (χ1) is 8.98. The second-order valence-electron chi connectivity index (χ2n) is 4.50. The molecule has 1 aromatic carbocycles. The van der Waals surface area contributed by atoms with Crippen LogP contribution in [0.2, 0.25) is 0 Å². The third-order valence-electron chi connectivity index (χ3n) is 3.39. The zero-order valence-electron chi connectivity index (χ0n) is 10.3. The van der Waals surface area contributed by atoms with Gasteiger partial charge in [0.15, 0.2) is 0 Å². The van der Waals surface area contributed by atoms with Gasteiger partial charge in [-0.2, -0.15) is 0 Å². The van der Waals surface area contributed by atoms with Crippen molar-refractivity contribution < 1.29 is 14.8 Å². The molecule has 2 atom stereocenters. The van der Waals surface area contributed by atoms with E-state index in [1.807, 2.05) is 30.3 Å². The number of aliphatic carboxylic acids is 1. The molecule has 98 valence electrons. The van der Waals surface area contributed by atoms with Gasteiger partial charge < -0.3 is 5.11 Å². The van der Waals surface area contributed by atoms with Crippen molar-refractivity contribution in [2.45, 2.75) is 12.5 Å². The Morgan fingerprint density at radius 2 is 2.00 bits per heavy atom. The Bertz CT molecular complexity index is 560. The molecule has 0 aliphatic heterocycles. The zero-order valence-corrected chi connectivity index (χ0v) is 10.3. The number of nitro groups is 1. The number of carboxylic acid groups (broad SMARTS) is 1. The Labute approximate surface area is 110 Å². The predicted molar refractivity (Wildman–Crippen MR) is 70.1 cm³/mol. The van der Waals surface area contributed by atoms with Crippen molar-refractivity contribution in [2.24, 2.45) is 5.92 Å². The van der Waals surface area contributed by atoms with Crippen molar-refractivity contribution in [1.82, 2.24) is 0 Å². The van der Waals surface area contributed by atoms with Crippen LogP contribution in [-0.4, -0.2) is 21.5 Å². The van der Waals surface area contributed by atoms with Crippen LogP contribution >= 0.6 is 0 Å². The highest BCUT2D eigenvalue weighted by Gasteiger charge is 2.54. The van der Waals surface area contributed by atoms with Crippen LogP contribution in [0.5, 0.6) is 0 Å². The lowest BCUT2D eigenvalue weighted by Gasteiger charge is -2.25. The summed E-state index contributed by atoms with van der Waals surface area (Å²) in [4.78, 5) is 21.6. The van der Waals surface area contributed by atoms with Crippen molar-refractivity contribution in [3.8, 4) is 0 Å². The fourth-order valence-electron chi connectivity index (χ4n) is 2.21. The maximum atomic E-state index is 11.2. The minimum Gasteiger partial charge on any atom is -0.476 e. The Morgan fingerprint density at radius 3 is 2.47 bits per heavy atom. The van der Waals surface area contributed by atoms with Gasteiger partial charge in [-0.05, 0) is 11.1 Å². The van der Waals surface area contributed by atoms with Crippen molar-refractivity contribution in [2.75, 3.05) is 0 Å². The molecule has 5 nitrogen and oxygen atoms in total. The van der Waals surface area contributed by atoms with Crippen molar-refractivity contribution in [3.63, 3.8) is 0 Å². The van der Waals surface area contributed by atoms with Gasteiger partial charge in [-0.15, -0.1) is 0 Å². The average molecular weight is 259 g/mol. The maximum Gasteiger partial charge on any atom is 0.387 e. The Hall–Kier alpha value is -2.43. The number of hydrogen-bond donors (Lipinski definition) is 1. The van der Waals surface area contributed by atoms with Gasteiger partial charge in [0.1, 0.15) is 0 Å². The molecule has 0 fully saturated rings. The minimum atomic E-state index is -2.07. The molecular formula is C14H13NO4. The molecule has 0 saturated heterocycles. The number of benzene rings is 1. The number of carbonyl (C=O) groups is 1. The van der Waals surface area contributed by atoms with Gasteiger partial charge in [-0.25, -0.2) is 4.79 Å². The first-order valence-electron chi connectivity index (χ1n) is 5.83. The lowest BCUT2D eigenvalue weighted by Crippen LogP contribution is -2.50. The van der Waals surface area contributed by atoms with E-state index < -0.39 is 22.3 Å². The zero-order chi connectivity index (χ0) is 14.0. The van der Waals surface area contributed by atoms with Crippen LogP contribution in [0.1, 0.15) is 12.5 Å². The topological polar surface area (TPSA) is 80.4 Å². The number of carboxylic acids is 1. The van der Waals surface area contributed by atoms with E-state index in [0.717, 1.165) is 11.1 Å². The molecule has 1 aliphatic rings. The van der Waals surface area contributed by atoms with Gasteiger partial charge in [-0.1, -0.05) is 49.4 Å². The Kier molecular flexibility index (Phi) is 3.21. The summed E-state index contributed by atoms with van der Waals surface area (Å²) >= 11 is 0. The highest BCUT2D eigenvalue weighted by atomic mass is 16.6. The number of hydrogen-bond acceptors (Lipinski definition) is 3. The summed E-state index contributed by atoms with van der Waals surface area (Å²) in [6.07, 6.45) is 4.31. The third-order valence-corrected chi connectivity index (χ3v) is 3.39. The van der Waals surface area contributed by atoms with Gasteiger partial charge in [0, 0.05) is 11.0 Å². The van der Waals surface area contributed by atoms with Crippen LogP contribution in [0, 0.1) is 16.0 Å². The highest BCUT2D eigenvalue weighted by Crippen LogP contribution is 2.33. The first-order valence-corrected chi connectivity index (χ1v) is 5.83. The van der Waals surface area contributed by atoms with E-state index in [1.165, 1.54) is 12.2 Å². The second kappa shape index (κ2) is 4.68. The summed E-state index contributed by atoms with van der Waals surface area (Å²) in [5.41, 5.74) is -0.363. The van der Waals surface area contributed by atoms with Crippen molar-refractivity contribution in [1.29, 1.82) is 0 Å². The molecule has 0 heterocycles. The summed E-state index contributed by atoms with van der Waals surface area (Å²) < 4.78 is 0. The number of allylic oxidation sites excluding steroid dienone is 2. The van der Waals surface area contributed by atoms with Crippen LogP contribution < -0.4 is 0 Å². The van der Waals surface area contributed by atoms with Crippen LogP contribution in [-0.2, 0) is 4.79 Å². The second-order valence-corrected chi connectivity index (χ2v) is 4.50. The van der Waals surface area contributed by atoms with E-state index in [1.54, 1.807) is 13.0 Å². The Morgan fingerprint density at radius 1 is 1.37 bits per heavy atom. The minimum absolute atomic E-state index is 0.722. The molecule has 19 heavy (non-hydrogen) atoms. The number of nitrogens with zero attached hydrogens (tertiary/aromatic N) is 1. The lowest BCUT2D eigenvalue weighted by atomic mass is 9.79. The molecule has 2 unspecified atom stereocenters. The summed E-state index contributed by atoms with van der Waals surface area (Å²) in [6.45, 7) is 1.54. The number of rotatable bonds is 3. The average Bonchev–Trinajstić information content (AvgIpc) is 2.39. The molecule has 1 N–H and O–H groups in total. The monoisotopic (exact) mass is 259 g/mol.